The van der Waals surface area contributed by atoms with E-state index < -0.39 is 0 Å². The van der Waals surface area contributed by atoms with Gasteiger partial charge in [0.05, 0.1) is 12.9 Å². The molecule has 1 heterocycles. The average molecular weight is 335 g/mol. The topological polar surface area (TPSA) is 67.0 Å². The zero-order valence-electron chi connectivity index (χ0n) is 8.83. The second-order valence-electron chi connectivity index (χ2n) is 3.84. The van der Waals surface area contributed by atoms with E-state index in [4.69, 9.17) is 4.74 Å². The number of anilines is 1. The third-order valence-corrected chi connectivity index (χ3v) is 3.39. The smallest absolute Gasteiger partial charge is 0.266 e. The molecule has 1 aromatic rings. The van der Waals surface area contributed by atoms with Gasteiger partial charge in [-0.1, -0.05) is 0 Å². The van der Waals surface area contributed by atoms with Crippen molar-refractivity contribution in [2.45, 2.75) is 12.8 Å². The van der Waals surface area contributed by atoms with E-state index in [0.717, 1.165) is 12.5 Å². The number of nitrogens with zero attached hydrogens (tertiary/aromatic N) is 1. The molecule has 2 N–H and O–H groups in total. The Labute approximate surface area is 107 Å². The van der Waals surface area contributed by atoms with Gasteiger partial charge in [0, 0.05) is 13.2 Å². The molecule has 0 bridgehead atoms. The lowest BCUT2D eigenvalue weighted by molar-refractivity contribution is 0.134. The number of hydrogen-bond acceptors (Lipinski definition) is 4. The summed E-state index contributed by atoms with van der Waals surface area (Å²) in [5.41, 5.74) is -0.114. The molecule has 1 aliphatic rings. The number of hydrogen-bond donors (Lipinski definition) is 2. The molecule has 0 atom stereocenters. The van der Waals surface area contributed by atoms with Crippen LogP contribution in [0, 0.1) is 9.49 Å². The summed E-state index contributed by atoms with van der Waals surface area (Å²) in [6, 6.07) is 0. The van der Waals surface area contributed by atoms with Crippen molar-refractivity contribution in [1.82, 2.24) is 9.97 Å². The summed E-state index contributed by atoms with van der Waals surface area (Å²) in [6.45, 7) is 2.20. The van der Waals surface area contributed by atoms with Gasteiger partial charge in [0.25, 0.3) is 5.56 Å². The van der Waals surface area contributed by atoms with Crippen molar-refractivity contribution in [2.75, 3.05) is 25.1 Å². The first-order valence-corrected chi connectivity index (χ1v) is 6.40. The van der Waals surface area contributed by atoms with Crippen LogP contribution in [0.1, 0.15) is 12.8 Å². The van der Waals surface area contributed by atoms with Crippen molar-refractivity contribution in [3.05, 3.63) is 20.3 Å². The van der Waals surface area contributed by atoms with E-state index in [9.17, 15) is 4.79 Å². The molecule has 0 aromatic carbocycles. The van der Waals surface area contributed by atoms with E-state index in [1.165, 1.54) is 19.2 Å². The van der Waals surface area contributed by atoms with Crippen molar-refractivity contribution in [2.24, 2.45) is 5.92 Å². The van der Waals surface area contributed by atoms with Crippen LogP contribution in [0.2, 0.25) is 0 Å². The van der Waals surface area contributed by atoms with Crippen LogP contribution >= 0.6 is 22.6 Å². The third-order valence-electron chi connectivity index (χ3n) is 2.39. The Hall–Kier alpha value is -0.630. The maximum absolute atomic E-state index is 11.3. The molecule has 0 unspecified atom stereocenters. The highest BCUT2D eigenvalue weighted by Gasteiger charge is 2.20. The fourth-order valence-electron chi connectivity index (χ4n) is 1.28. The molecule has 0 saturated heterocycles. The Morgan fingerprint density at radius 1 is 1.62 bits per heavy atom. The van der Waals surface area contributed by atoms with Crippen molar-refractivity contribution < 1.29 is 4.74 Å². The Balaban J connectivity index is 1.71. The zero-order valence-corrected chi connectivity index (χ0v) is 11.0. The first-order valence-electron chi connectivity index (χ1n) is 5.32. The highest BCUT2D eigenvalue weighted by molar-refractivity contribution is 14.1. The third kappa shape index (κ3) is 3.44. The van der Waals surface area contributed by atoms with E-state index in [1.54, 1.807) is 0 Å². The van der Waals surface area contributed by atoms with Gasteiger partial charge in [0.2, 0.25) is 0 Å². The standard InChI is InChI=1S/C10H14IN3O2/c11-8-9(13-6-14-10(8)15)12-3-4-16-5-7-1-2-7/h6-7H,1-5H2,(H2,12,13,14,15). The summed E-state index contributed by atoms with van der Waals surface area (Å²) in [7, 11) is 0. The van der Waals surface area contributed by atoms with Crippen LogP contribution in [-0.2, 0) is 4.74 Å². The number of ether oxygens (including phenoxy) is 1. The fraction of sp³-hybridized carbons (Fsp3) is 0.600. The van der Waals surface area contributed by atoms with E-state index in [2.05, 4.69) is 15.3 Å². The van der Waals surface area contributed by atoms with Gasteiger partial charge in [-0.3, -0.25) is 4.79 Å². The van der Waals surface area contributed by atoms with Crippen LogP contribution in [0.3, 0.4) is 0 Å². The quantitative estimate of drug-likeness (QED) is 0.606. The molecule has 88 valence electrons. The molecular formula is C10H14IN3O2. The first kappa shape index (κ1) is 11.8. The van der Waals surface area contributed by atoms with E-state index >= 15 is 0 Å². The minimum Gasteiger partial charge on any atom is -0.379 e. The van der Waals surface area contributed by atoms with E-state index in [-0.39, 0.29) is 5.56 Å². The van der Waals surface area contributed by atoms with Gasteiger partial charge in [-0.15, -0.1) is 0 Å². The van der Waals surface area contributed by atoms with Gasteiger partial charge >= 0.3 is 0 Å². The Bertz CT molecular complexity index is 403. The van der Waals surface area contributed by atoms with Crippen LogP contribution < -0.4 is 10.9 Å². The van der Waals surface area contributed by atoms with E-state index in [0.29, 0.717) is 22.5 Å². The monoisotopic (exact) mass is 335 g/mol. The van der Waals surface area contributed by atoms with Gasteiger partial charge in [-0.05, 0) is 41.4 Å². The zero-order chi connectivity index (χ0) is 11.4. The summed E-state index contributed by atoms with van der Waals surface area (Å²) < 4.78 is 6.06. The summed E-state index contributed by atoms with van der Waals surface area (Å²) in [5.74, 6) is 1.41. The second kappa shape index (κ2) is 5.62. The molecule has 1 aliphatic carbocycles. The normalized spacial score (nSPS) is 15.1. The maximum Gasteiger partial charge on any atom is 0.266 e. The van der Waals surface area contributed by atoms with Gasteiger partial charge in [-0.25, -0.2) is 4.98 Å². The molecule has 1 aromatic heterocycles. The largest absolute Gasteiger partial charge is 0.379 e. The molecule has 0 radical (unpaired) electrons. The van der Waals surface area contributed by atoms with Gasteiger partial charge in [0.1, 0.15) is 9.39 Å². The minimum absolute atomic E-state index is 0.114. The molecule has 6 heteroatoms. The number of aromatic amines is 1. The van der Waals surface area contributed by atoms with Crippen molar-refractivity contribution in [1.29, 1.82) is 0 Å². The Morgan fingerprint density at radius 2 is 2.44 bits per heavy atom. The summed E-state index contributed by atoms with van der Waals surface area (Å²) in [5, 5.41) is 3.08. The average Bonchev–Trinajstić information content (AvgIpc) is 3.07. The molecule has 0 spiro atoms. The molecule has 0 amide bonds. The predicted molar refractivity (Wildman–Crippen MR) is 69.6 cm³/mol. The van der Waals surface area contributed by atoms with Gasteiger partial charge in [0.15, 0.2) is 0 Å². The number of halogens is 1. The molecular weight excluding hydrogens is 321 g/mol. The van der Waals surface area contributed by atoms with Crippen molar-refractivity contribution in [3.8, 4) is 0 Å². The Morgan fingerprint density at radius 3 is 3.19 bits per heavy atom. The lowest BCUT2D eigenvalue weighted by Gasteiger charge is -2.06. The highest BCUT2D eigenvalue weighted by atomic mass is 127. The van der Waals surface area contributed by atoms with E-state index in [1.807, 2.05) is 22.6 Å². The maximum atomic E-state index is 11.3. The summed E-state index contributed by atoms with van der Waals surface area (Å²) in [6.07, 6.45) is 4.01. The van der Waals surface area contributed by atoms with Crippen molar-refractivity contribution >= 4 is 28.4 Å². The molecule has 1 fully saturated rings. The first-order chi connectivity index (χ1) is 7.77. The lowest BCUT2D eigenvalue weighted by atomic mass is 10.5. The minimum atomic E-state index is -0.114. The summed E-state index contributed by atoms with van der Waals surface area (Å²) in [4.78, 5) is 17.8. The molecule has 16 heavy (non-hydrogen) atoms. The van der Waals surface area contributed by atoms with Crippen LogP contribution in [-0.4, -0.2) is 29.7 Å². The molecule has 1 saturated carbocycles. The molecule has 5 nitrogen and oxygen atoms in total. The highest BCUT2D eigenvalue weighted by Crippen LogP contribution is 2.28. The number of aromatic nitrogens is 2. The van der Waals surface area contributed by atoms with Crippen LogP contribution in [0.25, 0.3) is 0 Å². The number of H-pyrrole nitrogens is 1. The molecule has 2 rings (SSSR count). The Kier molecular flexibility index (Phi) is 4.16. The van der Waals surface area contributed by atoms with Crippen LogP contribution in [0.4, 0.5) is 5.82 Å². The lowest BCUT2D eigenvalue weighted by Crippen LogP contribution is -2.17. The summed E-state index contributed by atoms with van der Waals surface area (Å²) >= 11 is 1.98. The van der Waals surface area contributed by atoms with Crippen LogP contribution in [0.5, 0.6) is 0 Å². The SMILES string of the molecule is O=c1[nH]cnc(NCCOCC2CC2)c1I. The predicted octanol–water partition coefficient (Wildman–Crippen LogP) is 1.21. The second-order valence-corrected chi connectivity index (χ2v) is 4.92. The number of rotatable bonds is 6. The van der Waals surface area contributed by atoms with Gasteiger partial charge in [-0.2, -0.15) is 0 Å². The van der Waals surface area contributed by atoms with Crippen LogP contribution in [0.15, 0.2) is 11.1 Å². The number of nitrogens with one attached hydrogen (secondary N) is 2. The molecule has 0 aliphatic heterocycles. The van der Waals surface area contributed by atoms with Crippen molar-refractivity contribution in [3.63, 3.8) is 0 Å². The van der Waals surface area contributed by atoms with Gasteiger partial charge < -0.3 is 15.0 Å². The fourth-order valence-corrected chi connectivity index (χ4v) is 1.77.